The minimum Gasteiger partial charge on any atom is -0.508 e. The molecule has 2 aromatic carbocycles. The van der Waals surface area contributed by atoms with Gasteiger partial charge in [-0.2, -0.15) is 0 Å². The summed E-state index contributed by atoms with van der Waals surface area (Å²) in [6.45, 7) is 7.83. The van der Waals surface area contributed by atoms with Crippen molar-refractivity contribution in [3.8, 4) is 11.5 Å². The van der Waals surface area contributed by atoms with Crippen LogP contribution in [0.5, 0.6) is 11.5 Å². The lowest BCUT2D eigenvalue weighted by atomic mass is 10.1. The molecule has 0 spiro atoms. The lowest BCUT2D eigenvalue weighted by Gasteiger charge is -2.11. The lowest BCUT2D eigenvalue weighted by molar-refractivity contribution is 0.469. The van der Waals surface area contributed by atoms with Gasteiger partial charge in [0.05, 0.1) is 0 Å². The van der Waals surface area contributed by atoms with Gasteiger partial charge >= 0.3 is 0 Å². The van der Waals surface area contributed by atoms with Crippen LogP contribution in [-0.2, 0) is 0 Å². The van der Waals surface area contributed by atoms with Crippen LogP contribution in [0.25, 0.3) is 0 Å². The molecule has 19 heavy (non-hydrogen) atoms. The molecule has 0 radical (unpaired) electrons. The van der Waals surface area contributed by atoms with Crippen LogP contribution in [0.15, 0.2) is 34.1 Å². The molecule has 100 valence electrons. The third-order valence-electron chi connectivity index (χ3n) is 3.21. The summed E-state index contributed by atoms with van der Waals surface area (Å²) < 4.78 is 0. The molecule has 0 unspecified atom stereocenters. The molecule has 0 fully saturated rings. The van der Waals surface area contributed by atoms with Crippen molar-refractivity contribution in [3.05, 3.63) is 46.5 Å². The molecule has 0 atom stereocenters. The Kier molecular flexibility index (Phi) is 3.76. The van der Waals surface area contributed by atoms with Crippen LogP contribution < -0.4 is 0 Å². The molecule has 0 aliphatic heterocycles. The molecule has 0 aliphatic carbocycles. The molecule has 2 N–H and O–H groups in total. The third kappa shape index (κ3) is 2.87. The summed E-state index contributed by atoms with van der Waals surface area (Å²) in [5.74, 6) is 0.615. The number of phenolic OH excluding ortho intramolecular Hbond substituents is 2. The highest BCUT2D eigenvalue weighted by Gasteiger charge is 2.09. The van der Waals surface area contributed by atoms with E-state index in [9.17, 15) is 10.2 Å². The fourth-order valence-electron chi connectivity index (χ4n) is 1.98. The van der Waals surface area contributed by atoms with Crippen LogP contribution in [0.2, 0.25) is 0 Å². The summed E-state index contributed by atoms with van der Waals surface area (Å²) in [6.07, 6.45) is 0. The topological polar surface area (TPSA) is 40.5 Å². The average Bonchev–Trinajstić information content (AvgIpc) is 2.32. The first-order valence-electron chi connectivity index (χ1n) is 6.16. The Balaban J connectivity index is 2.42. The van der Waals surface area contributed by atoms with Crippen molar-refractivity contribution < 1.29 is 10.2 Å². The van der Waals surface area contributed by atoms with E-state index in [1.54, 1.807) is 23.9 Å². The van der Waals surface area contributed by atoms with E-state index in [0.29, 0.717) is 11.5 Å². The molecule has 0 aromatic heterocycles. The fraction of sp³-hybridized carbons (Fsp3) is 0.250. The van der Waals surface area contributed by atoms with Crippen LogP contribution in [0.3, 0.4) is 0 Å². The van der Waals surface area contributed by atoms with Gasteiger partial charge in [0.15, 0.2) is 0 Å². The second-order valence-electron chi connectivity index (χ2n) is 4.91. The van der Waals surface area contributed by atoms with Gasteiger partial charge in [0.2, 0.25) is 0 Å². The van der Waals surface area contributed by atoms with Gasteiger partial charge in [0.1, 0.15) is 11.5 Å². The van der Waals surface area contributed by atoms with Crippen molar-refractivity contribution >= 4 is 11.8 Å². The largest absolute Gasteiger partial charge is 0.508 e. The Labute approximate surface area is 118 Å². The Bertz CT molecular complexity index is 578. The van der Waals surface area contributed by atoms with Crippen molar-refractivity contribution in [1.29, 1.82) is 0 Å². The van der Waals surface area contributed by atoms with E-state index in [-0.39, 0.29) is 0 Å². The van der Waals surface area contributed by atoms with E-state index in [4.69, 9.17) is 0 Å². The summed E-state index contributed by atoms with van der Waals surface area (Å²) >= 11 is 1.57. The number of rotatable bonds is 2. The maximum absolute atomic E-state index is 9.81. The molecule has 2 rings (SSSR count). The summed E-state index contributed by atoms with van der Waals surface area (Å²) in [7, 11) is 0. The molecule has 3 heteroatoms. The van der Waals surface area contributed by atoms with Gasteiger partial charge in [-0.3, -0.25) is 0 Å². The van der Waals surface area contributed by atoms with Gasteiger partial charge in [-0.15, -0.1) is 0 Å². The maximum Gasteiger partial charge on any atom is 0.119 e. The molecular formula is C16H18O2S. The second-order valence-corrected chi connectivity index (χ2v) is 5.99. The van der Waals surface area contributed by atoms with E-state index >= 15 is 0 Å². The third-order valence-corrected chi connectivity index (χ3v) is 4.53. The van der Waals surface area contributed by atoms with Gasteiger partial charge < -0.3 is 10.2 Å². The Morgan fingerprint density at radius 1 is 0.632 bits per heavy atom. The van der Waals surface area contributed by atoms with Gasteiger partial charge in [-0.05, 0) is 62.1 Å². The fourth-order valence-corrected chi connectivity index (χ4v) is 3.00. The summed E-state index contributed by atoms with van der Waals surface area (Å²) in [5.41, 5.74) is 4.01. The summed E-state index contributed by atoms with van der Waals surface area (Å²) in [4.78, 5) is 2.02. The van der Waals surface area contributed by atoms with E-state index in [2.05, 4.69) is 0 Å². The molecule has 0 saturated carbocycles. The molecule has 0 saturated heterocycles. The first kappa shape index (κ1) is 13.8. The predicted octanol–water partition coefficient (Wildman–Crippen LogP) is 4.48. The number of hydrogen-bond donors (Lipinski definition) is 2. The number of benzene rings is 2. The van der Waals surface area contributed by atoms with Crippen LogP contribution in [0.1, 0.15) is 22.3 Å². The molecule has 0 bridgehead atoms. The predicted molar refractivity (Wildman–Crippen MR) is 79.3 cm³/mol. The quantitative estimate of drug-likeness (QED) is 0.848. The molecular weight excluding hydrogens is 256 g/mol. The zero-order valence-corrected chi connectivity index (χ0v) is 12.4. The highest BCUT2D eigenvalue weighted by Crippen LogP contribution is 2.37. The van der Waals surface area contributed by atoms with Crippen molar-refractivity contribution in [3.63, 3.8) is 0 Å². The van der Waals surface area contributed by atoms with E-state index in [0.717, 1.165) is 32.0 Å². The van der Waals surface area contributed by atoms with Crippen molar-refractivity contribution in [2.24, 2.45) is 0 Å². The lowest BCUT2D eigenvalue weighted by Crippen LogP contribution is -1.87. The summed E-state index contributed by atoms with van der Waals surface area (Å²) in [6, 6.07) is 7.51. The van der Waals surface area contributed by atoms with Crippen molar-refractivity contribution in [2.75, 3.05) is 0 Å². The normalized spacial score (nSPS) is 10.7. The Morgan fingerprint density at radius 3 is 1.37 bits per heavy atom. The molecule has 2 nitrogen and oxygen atoms in total. The van der Waals surface area contributed by atoms with Crippen molar-refractivity contribution in [2.45, 2.75) is 37.5 Å². The maximum atomic E-state index is 9.81. The number of aryl methyl sites for hydroxylation is 4. The highest BCUT2D eigenvalue weighted by molar-refractivity contribution is 7.99. The van der Waals surface area contributed by atoms with E-state index < -0.39 is 0 Å². The van der Waals surface area contributed by atoms with Crippen LogP contribution in [0.4, 0.5) is 0 Å². The number of aromatic hydroxyl groups is 2. The van der Waals surface area contributed by atoms with Crippen LogP contribution in [0, 0.1) is 27.7 Å². The van der Waals surface area contributed by atoms with E-state index in [1.807, 2.05) is 39.8 Å². The SMILES string of the molecule is Cc1cc(C)c(Sc2cc(O)c(C)cc2C)cc1O. The minimum atomic E-state index is 0.307. The molecule has 0 heterocycles. The zero-order chi connectivity index (χ0) is 14.2. The number of hydrogen-bond acceptors (Lipinski definition) is 3. The van der Waals surface area contributed by atoms with Gasteiger partial charge in [0.25, 0.3) is 0 Å². The minimum absolute atomic E-state index is 0.307. The first-order valence-corrected chi connectivity index (χ1v) is 6.98. The average molecular weight is 274 g/mol. The number of phenols is 2. The second kappa shape index (κ2) is 5.17. The molecule has 2 aromatic rings. The monoisotopic (exact) mass is 274 g/mol. The Hall–Kier alpha value is -1.61. The zero-order valence-electron chi connectivity index (χ0n) is 11.6. The van der Waals surface area contributed by atoms with Crippen LogP contribution >= 0.6 is 11.8 Å². The first-order chi connectivity index (χ1) is 8.88. The van der Waals surface area contributed by atoms with Gasteiger partial charge in [-0.25, -0.2) is 0 Å². The van der Waals surface area contributed by atoms with Crippen LogP contribution in [-0.4, -0.2) is 10.2 Å². The van der Waals surface area contributed by atoms with Crippen molar-refractivity contribution in [1.82, 2.24) is 0 Å². The summed E-state index contributed by atoms with van der Waals surface area (Å²) in [5, 5.41) is 19.6. The Morgan fingerprint density at radius 2 is 1.00 bits per heavy atom. The molecule has 0 aliphatic rings. The highest BCUT2D eigenvalue weighted by atomic mass is 32.2. The standard InChI is InChI=1S/C16H18O2S/c1-9-5-11(3)15(7-13(9)17)19-16-8-14(18)10(2)6-12(16)4/h5-8,17-18H,1-4H3. The molecule has 0 amide bonds. The smallest absolute Gasteiger partial charge is 0.119 e. The van der Waals surface area contributed by atoms with E-state index in [1.165, 1.54) is 0 Å². The van der Waals surface area contributed by atoms with Gasteiger partial charge in [-0.1, -0.05) is 23.9 Å². The van der Waals surface area contributed by atoms with Gasteiger partial charge in [0, 0.05) is 9.79 Å².